The van der Waals surface area contributed by atoms with Crippen molar-refractivity contribution in [3.63, 3.8) is 0 Å². The van der Waals surface area contributed by atoms with Gasteiger partial charge in [-0.3, -0.25) is 4.79 Å². The van der Waals surface area contributed by atoms with E-state index in [1.54, 1.807) is 6.92 Å². The molecule has 0 fully saturated rings. The molecule has 0 aliphatic carbocycles. The van der Waals surface area contributed by atoms with Gasteiger partial charge in [-0.1, -0.05) is 6.07 Å². The summed E-state index contributed by atoms with van der Waals surface area (Å²) in [4.78, 5) is 11.4. The fraction of sp³-hybridized carbons (Fsp3) is 0.364. The van der Waals surface area contributed by atoms with E-state index in [9.17, 15) is 4.79 Å². The van der Waals surface area contributed by atoms with Gasteiger partial charge < -0.3 is 11.1 Å². The van der Waals surface area contributed by atoms with Crippen molar-refractivity contribution >= 4 is 27.5 Å². The molecule has 1 aromatic carbocycles. The summed E-state index contributed by atoms with van der Waals surface area (Å²) in [6, 6.07) is 3.48. The molecule has 4 heteroatoms. The van der Waals surface area contributed by atoms with Gasteiger partial charge in [0.2, 0.25) is 5.91 Å². The molecule has 0 heterocycles. The van der Waals surface area contributed by atoms with Crippen LogP contribution in [0.5, 0.6) is 0 Å². The lowest BCUT2D eigenvalue weighted by molar-refractivity contribution is -0.117. The highest BCUT2D eigenvalue weighted by Gasteiger charge is 2.11. The third-order valence-electron chi connectivity index (χ3n) is 2.09. The van der Waals surface area contributed by atoms with Gasteiger partial charge in [-0.05, 0) is 53.9 Å². The monoisotopic (exact) mass is 270 g/mol. The summed E-state index contributed by atoms with van der Waals surface area (Å²) in [7, 11) is 0. The normalized spacial score (nSPS) is 12.3. The Balaban J connectivity index is 3.00. The molecule has 3 N–H and O–H groups in total. The summed E-state index contributed by atoms with van der Waals surface area (Å²) in [6.45, 7) is 5.62. The molecule has 3 nitrogen and oxygen atoms in total. The SMILES string of the molecule is Cc1cc(C)c(NC(=O)[C@@H](C)N)c(Br)c1. The second kappa shape index (κ2) is 4.77. The standard InChI is InChI=1S/C11H15BrN2O/c1-6-4-7(2)10(9(12)5-6)14-11(15)8(3)13/h4-5,8H,13H2,1-3H3,(H,14,15)/t8-/m1/s1. The van der Waals surface area contributed by atoms with Gasteiger partial charge in [0.1, 0.15) is 0 Å². The summed E-state index contributed by atoms with van der Waals surface area (Å²) in [5.41, 5.74) is 8.46. The Morgan fingerprint density at radius 3 is 2.53 bits per heavy atom. The quantitative estimate of drug-likeness (QED) is 0.867. The third-order valence-corrected chi connectivity index (χ3v) is 2.72. The Kier molecular flexibility index (Phi) is 3.88. The number of carbonyl (C=O) groups excluding carboxylic acids is 1. The predicted molar refractivity (Wildman–Crippen MR) is 65.9 cm³/mol. The maximum atomic E-state index is 11.4. The number of rotatable bonds is 2. The second-order valence-electron chi connectivity index (χ2n) is 3.72. The van der Waals surface area contributed by atoms with Crippen LogP contribution in [0.4, 0.5) is 5.69 Å². The van der Waals surface area contributed by atoms with Crippen LogP contribution in [0, 0.1) is 13.8 Å². The zero-order valence-electron chi connectivity index (χ0n) is 9.10. The molecule has 0 radical (unpaired) electrons. The van der Waals surface area contributed by atoms with Crippen molar-refractivity contribution in [1.29, 1.82) is 0 Å². The number of nitrogens with one attached hydrogen (secondary N) is 1. The number of halogens is 1. The number of carbonyl (C=O) groups is 1. The molecular formula is C11H15BrN2O. The lowest BCUT2D eigenvalue weighted by Crippen LogP contribution is -2.32. The maximum Gasteiger partial charge on any atom is 0.241 e. The summed E-state index contributed by atoms with van der Waals surface area (Å²) < 4.78 is 0.883. The zero-order chi connectivity index (χ0) is 11.6. The second-order valence-corrected chi connectivity index (χ2v) is 4.57. The summed E-state index contributed by atoms with van der Waals surface area (Å²) in [5, 5.41) is 2.79. The van der Waals surface area contributed by atoms with Gasteiger partial charge in [0.25, 0.3) is 0 Å². The van der Waals surface area contributed by atoms with E-state index in [2.05, 4.69) is 21.2 Å². The van der Waals surface area contributed by atoms with Crippen molar-refractivity contribution in [2.45, 2.75) is 26.8 Å². The summed E-state index contributed by atoms with van der Waals surface area (Å²) in [5.74, 6) is -0.178. The van der Waals surface area contributed by atoms with Crippen LogP contribution in [0.2, 0.25) is 0 Å². The van der Waals surface area contributed by atoms with Gasteiger partial charge >= 0.3 is 0 Å². The molecule has 0 aromatic heterocycles. The lowest BCUT2D eigenvalue weighted by Gasteiger charge is -2.13. The minimum atomic E-state index is -0.502. The lowest BCUT2D eigenvalue weighted by atomic mass is 10.1. The van der Waals surface area contributed by atoms with Gasteiger partial charge in [-0.15, -0.1) is 0 Å². The Labute approximate surface area is 98.2 Å². The van der Waals surface area contributed by atoms with Gasteiger partial charge in [0, 0.05) is 4.47 Å². The smallest absolute Gasteiger partial charge is 0.241 e. The van der Waals surface area contributed by atoms with E-state index in [1.165, 1.54) is 0 Å². The molecule has 1 aromatic rings. The number of anilines is 1. The maximum absolute atomic E-state index is 11.4. The van der Waals surface area contributed by atoms with Crippen molar-refractivity contribution in [1.82, 2.24) is 0 Å². The van der Waals surface area contributed by atoms with Crippen LogP contribution in [0.1, 0.15) is 18.1 Å². The molecule has 0 aliphatic heterocycles. The highest BCUT2D eigenvalue weighted by atomic mass is 79.9. The Bertz CT molecular complexity index is 365. The topological polar surface area (TPSA) is 55.1 Å². The fourth-order valence-electron chi connectivity index (χ4n) is 1.31. The number of benzene rings is 1. The molecule has 0 spiro atoms. The van der Waals surface area contributed by atoms with E-state index in [4.69, 9.17) is 5.73 Å². The van der Waals surface area contributed by atoms with Crippen LogP contribution in [0.3, 0.4) is 0 Å². The van der Waals surface area contributed by atoms with Crippen LogP contribution in [-0.2, 0) is 4.79 Å². The molecule has 0 saturated carbocycles. The molecule has 1 amide bonds. The first kappa shape index (κ1) is 12.2. The average Bonchev–Trinajstić information content (AvgIpc) is 2.10. The van der Waals surface area contributed by atoms with Crippen LogP contribution in [0.15, 0.2) is 16.6 Å². The highest BCUT2D eigenvalue weighted by molar-refractivity contribution is 9.10. The molecule has 0 unspecified atom stereocenters. The molecular weight excluding hydrogens is 256 g/mol. The number of hydrogen-bond acceptors (Lipinski definition) is 2. The predicted octanol–water partition coefficient (Wildman–Crippen LogP) is 2.35. The molecule has 0 aliphatic rings. The minimum Gasteiger partial charge on any atom is -0.323 e. The Hall–Kier alpha value is -0.870. The van der Waals surface area contributed by atoms with Crippen molar-refractivity contribution in [3.05, 3.63) is 27.7 Å². The molecule has 0 bridgehead atoms. The van der Waals surface area contributed by atoms with Gasteiger partial charge in [-0.2, -0.15) is 0 Å². The van der Waals surface area contributed by atoms with E-state index < -0.39 is 6.04 Å². The number of amides is 1. The van der Waals surface area contributed by atoms with Crippen molar-refractivity contribution in [3.8, 4) is 0 Å². The van der Waals surface area contributed by atoms with Gasteiger partial charge in [0.05, 0.1) is 11.7 Å². The average molecular weight is 271 g/mol. The highest BCUT2D eigenvalue weighted by Crippen LogP contribution is 2.27. The van der Waals surface area contributed by atoms with E-state index in [1.807, 2.05) is 26.0 Å². The zero-order valence-corrected chi connectivity index (χ0v) is 10.7. The fourth-order valence-corrected chi connectivity index (χ4v) is 2.08. The minimum absolute atomic E-state index is 0.178. The molecule has 1 rings (SSSR count). The Morgan fingerprint density at radius 1 is 1.47 bits per heavy atom. The molecule has 1 atom stereocenters. The largest absolute Gasteiger partial charge is 0.323 e. The van der Waals surface area contributed by atoms with Gasteiger partial charge in [0.15, 0.2) is 0 Å². The van der Waals surface area contributed by atoms with Crippen LogP contribution in [0.25, 0.3) is 0 Å². The third kappa shape index (κ3) is 3.04. The number of hydrogen-bond donors (Lipinski definition) is 2. The van der Waals surface area contributed by atoms with Crippen molar-refractivity contribution in [2.75, 3.05) is 5.32 Å². The Morgan fingerprint density at radius 2 is 2.07 bits per heavy atom. The van der Waals surface area contributed by atoms with Crippen LogP contribution >= 0.6 is 15.9 Å². The first-order chi connectivity index (χ1) is 6.91. The van der Waals surface area contributed by atoms with E-state index in [0.29, 0.717) is 0 Å². The molecule has 0 saturated heterocycles. The van der Waals surface area contributed by atoms with Crippen molar-refractivity contribution in [2.24, 2.45) is 5.73 Å². The summed E-state index contributed by atoms with van der Waals surface area (Å²) >= 11 is 3.42. The van der Waals surface area contributed by atoms with E-state index in [0.717, 1.165) is 21.3 Å². The van der Waals surface area contributed by atoms with Crippen molar-refractivity contribution < 1.29 is 4.79 Å². The van der Waals surface area contributed by atoms with E-state index >= 15 is 0 Å². The first-order valence-electron chi connectivity index (χ1n) is 4.75. The first-order valence-corrected chi connectivity index (χ1v) is 5.54. The van der Waals surface area contributed by atoms with Crippen LogP contribution < -0.4 is 11.1 Å². The van der Waals surface area contributed by atoms with Gasteiger partial charge in [-0.25, -0.2) is 0 Å². The number of aryl methyl sites for hydroxylation is 2. The van der Waals surface area contributed by atoms with E-state index in [-0.39, 0.29) is 5.91 Å². The summed E-state index contributed by atoms with van der Waals surface area (Å²) in [6.07, 6.45) is 0. The molecule has 82 valence electrons. The van der Waals surface area contributed by atoms with Crippen LogP contribution in [-0.4, -0.2) is 11.9 Å². The molecule has 15 heavy (non-hydrogen) atoms. The number of nitrogens with two attached hydrogens (primary N) is 1.